The van der Waals surface area contributed by atoms with Gasteiger partial charge < -0.3 is 9.30 Å². The van der Waals surface area contributed by atoms with Crippen LogP contribution >= 0.6 is 30.3 Å². The quantitative estimate of drug-likeness (QED) is 0.294. The van der Waals surface area contributed by atoms with Gasteiger partial charge in [-0.1, -0.05) is 54.0 Å². The van der Waals surface area contributed by atoms with Crippen LogP contribution < -0.4 is 5.30 Å². The molecule has 0 saturated carbocycles. The lowest BCUT2D eigenvalue weighted by Gasteiger charge is -2.17. The lowest BCUT2D eigenvalue weighted by Crippen LogP contribution is -2.02. The van der Waals surface area contributed by atoms with E-state index >= 15 is 0 Å². The van der Waals surface area contributed by atoms with Crippen LogP contribution in [0.1, 0.15) is 31.1 Å². The minimum Gasteiger partial charge on any atom is -0.491 e. The third-order valence-corrected chi connectivity index (χ3v) is 6.12. The molecule has 2 aromatic rings. The molecule has 0 radical (unpaired) electrons. The highest BCUT2D eigenvalue weighted by Gasteiger charge is 2.13. The van der Waals surface area contributed by atoms with Gasteiger partial charge >= 0.3 is 0 Å². The molecule has 0 fully saturated rings. The number of rotatable bonds is 6. The zero-order valence-corrected chi connectivity index (χ0v) is 17.8. The maximum atomic E-state index is 12.1. The van der Waals surface area contributed by atoms with Gasteiger partial charge in [-0.05, 0) is 62.6 Å². The van der Waals surface area contributed by atoms with E-state index in [9.17, 15) is 4.57 Å². The molecule has 0 spiro atoms. The molecule has 0 saturated heterocycles. The van der Waals surface area contributed by atoms with Crippen LogP contribution in [0.5, 0.6) is 0 Å². The van der Waals surface area contributed by atoms with Crippen LogP contribution in [0, 0.1) is 0 Å². The monoisotopic (exact) mass is 408 g/mol. The minimum atomic E-state index is -2.25. The zero-order chi connectivity index (χ0) is 19.5. The molecule has 2 nitrogen and oxygen atoms in total. The van der Waals surface area contributed by atoms with Crippen molar-refractivity contribution in [2.45, 2.75) is 20.0 Å². The van der Waals surface area contributed by atoms with Gasteiger partial charge in [0.1, 0.15) is 13.2 Å². The molecule has 0 aliphatic carbocycles. The first kappa shape index (κ1) is 20.8. The van der Waals surface area contributed by atoms with Crippen molar-refractivity contribution in [3.8, 4) is 0 Å². The molecule has 0 bridgehead atoms. The second kappa shape index (κ2) is 8.48. The molecule has 1 unspecified atom stereocenters. The van der Waals surface area contributed by atoms with Crippen LogP contribution in [-0.2, 0) is 9.30 Å². The maximum Gasteiger partial charge on any atom is 0.122 e. The van der Waals surface area contributed by atoms with Gasteiger partial charge in [0.2, 0.25) is 0 Å². The maximum absolute atomic E-state index is 12.1. The Morgan fingerprint density at radius 1 is 1.15 bits per heavy atom. The van der Waals surface area contributed by atoms with E-state index in [2.05, 4.69) is 6.58 Å². The van der Waals surface area contributed by atoms with Crippen LogP contribution in [0.4, 0.5) is 0 Å². The summed E-state index contributed by atoms with van der Waals surface area (Å²) in [4.78, 5) is 0. The minimum absolute atomic E-state index is 0.237. The fraction of sp³-hybridized carbons (Fsp3) is 0.238. The van der Waals surface area contributed by atoms with E-state index in [1.165, 1.54) is 0 Å². The number of benzene rings is 2. The Labute approximate surface area is 165 Å². The van der Waals surface area contributed by atoms with Crippen molar-refractivity contribution >= 4 is 41.2 Å². The van der Waals surface area contributed by atoms with Crippen LogP contribution in [0.15, 0.2) is 60.9 Å². The number of hydrogen-bond donors (Lipinski definition) is 0. The van der Waals surface area contributed by atoms with E-state index in [0.717, 1.165) is 27.8 Å². The Bertz CT molecular complexity index is 879. The predicted octanol–water partition coefficient (Wildman–Crippen LogP) is 6.94. The summed E-state index contributed by atoms with van der Waals surface area (Å²) in [5, 5.41) is 2.10. The summed E-state index contributed by atoms with van der Waals surface area (Å²) in [5.41, 5.74) is 2.61. The third-order valence-electron chi connectivity index (χ3n) is 4.00. The molecule has 0 aliphatic heterocycles. The molecule has 2 rings (SSSR count). The lowest BCUT2D eigenvalue weighted by atomic mass is 10.1. The lowest BCUT2D eigenvalue weighted by molar-refractivity contribution is 0.135. The fourth-order valence-corrected chi connectivity index (χ4v) is 3.88. The smallest absolute Gasteiger partial charge is 0.122 e. The Balaban J connectivity index is 2.12. The van der Waals surface area contributed by atoms with Crippen LogP contribution in [0.2, 0.25) is 10.0 Å². The van der Waals surface area contributed by atoms with Gasteiger partial charge in [0.25, 0.3) is 0 Å². The Morgan fingerprint density at radius 3 is 2.35 bits per heavy atom. The number of ether oxygens (including phenoxy) is 1. The molecule has 0 aromatic heterocycles. The van der Waals surface area contributed by atoms with E-state index in [-0.39, 0.29) is 6.10 Å². The van der Waals surface area contributed by atoms with Crippen molar-refractivity contribution in [1.29, 1.82) is 0 Å². The van der Waals surface area contributed by atoms with E-state index in [4.69, 9.17) is 27.9 Å². The summed E-state index contributed by atoms with van der Waals surface area (Å²) in [6, 6.07) is 13.0. The molecule has 0 aliphatic rings. The third kappa shape index (κ3) is 5.51. The van der Waals surface area contributed by atoms with Gasteiger partial charge in [-0.15, -0.1) is 0 Å². The number of halogens is 2. The first-order valence-corrected chi connectivity index (χ1v) is 11.6. The fourth-order valence-electron chi connectivity index (χ4n) is 2.57. The Hall–Kier alpha value is -1.47. The second-order valence-electron chi connectivity index (χ2n) is 6.60. The van der Waals surface area contributed by atoms with Crippen LogP contribution in [0.25, 0.3) is 5.57 Å². The van der Waals surface area contributed by atoms with Gasteiger partial charge in [-0.2, -0.15) is 0 Å². The molecule has 138 valence electrons. The second-order valence-corrected chi connectivity index (χ2v) is 10.7. The van der Waals surface area contributed by atoms with Gasteiger partial charge in [0.05, 0.1) is 5.76 Å². The van der Waals surface area contributed by atoms with E-state index in [1.807, 2.05) is 50.3 Å². The molecule has 1 atom stereocenters. The molecular formula is C21H23Cl2O2P. The molecule has 5 heteroatoms. The van der Waals surface area contributed by atoms with Gasteiger partial charge in [-0.3, -0.25) is 0 Å². The molecule has 0 heterocycles. The first-order chi connectivity index (χ1) is 12.1. The molecule has 26 heavy (non-hydrogen) atoms. The van der Waals surface area contributed by atoms with E-state index < -0.39 is 7.14 Å². The topological polar surface area (TPSA) is 26.3 Å². The van der Waals surface area contributed by atoms with Crippen molar-refractivity contribution in [2.24, 2.45) is 0 Å². The van der Waals surface area contributed by atoms with Crippen LogP contribution in [0.3, 0.4) is 0 Å². The van der Waals surface area contributed by atoms with Gasteiger partial charge in [0.15, 0.2) is 0 Å². The summed E-state index contributed by atoms with van der Waals surface area (Å²) in [7, 11) is -2.25. The SMILES string of the molecule is C=C(C=C(C)OC(C)c1cc(Cl)ccc1Cl)c1ccc(P(C)(C)=O)cc1. The number of hydrogen-bond acceptors (Lipinski definition) is 2. The summed E-state index contributed by atoms with van der Waals surface area (Å²) < 4.78 is 18.1. The van der Waals surface area contributed by atoms with E-state index in [0.29, 0.717) is 10.0 Å². The first-order valence-electron chi connectivity index (χ1n) is 8.22. The highest BCUT2D eigenvalue weighted by atomic mass is 35.5. The summed E-state index contributed by atoms with van der Waals surface area (Å²) in [5.74, 6) is 0.722. The molecule has 0 N–H and O–H groups in total. The van der Waals surface area contributed by atoms with Gasteiger partial charge in [-0.25, -0.2) is 0 Å². The van der Waals surface area contributed by atoms with Crippen molar-refractivity contribution in [1.82, 2.24) is 0 Å². The van der Waals surface area contributed by atoms with Crippen LogP contribution in [-0.4, -0.2) is 13.3 Å². The number of allylic oxidation sites excluding steroid dienone is 3. The highest BCUT2D eigenvalue weighted by Crippen LogP contribution is 2.35. The van der Waals surface area contributed by atoms with E-state index in [1.54, 1.807) is 25.5 Å². The average Bonchev–Trinajstić information content (AvgIpc) is 2.56. The van der Waals surface area contributed by atoms with Crippen molar-refractivity contribution in [3.05, 3.63) is 82.1 Å². The Morgan fingerprint density at radius 2 is 1.77 bits per heavy atom. The largest absolute Gasteiger partial charge is 0.491 e. The van der Waals surface area contributed by atoms with Crippen molar-refractivity contribution in [2.75, 3.05) is 13.3 Å². The standard InChI is InChI=1S/C21H23Cl2O2P/c1-14(17-6-9-19(10-7-17)26(4,5)24)12-15(2)25-16(3)20-13-18(22)8-11-21(20)23/h6-13,16H,1H2,2-5H3. The molecule has 2 aromatic carbocycles. The Kier molecular flexibility index (Phi) is 6.80. The summed E-state index contributed by atoms with van der Waals surface area (Å²) in [6.45, 7) is 11.4. The van der Waals surface area contributed by atoms with Crippen molar-refractivity contribution in [3.63, 3.8) is 0 Å². The zero-order valence-electron chi connectivity index (χ0n) is 15.4. The molecular weight excluding hydrogens is 386 g/mol. The predicted molar refractivity (Wildman–Crippen MR) is 114 cm³/mol. The summed E-state index contributed by atoms with van der Waals surface area (Å²) >= 11 is 12.3. The summed E-state index contributed by atoms with van der Waals surface area (Å²) in [6.07, 6.45) is 1.64. The van der Waals surface area contributed by atoms with Crippen molar-refractivity contribution < 1.29 is 9.30 Å². The average molecular weight is 409 g/mol. The van der Waals surface area contributed by atoms with Gasteiger partial charge in [0, 0.05) is 20.9 Å². The molecule has 0 amide bonds. The highest BCUT2D eigenvalue weighted by molar-refractivity contribution is 7.70. The normalized spacial score (nSPS) is 13.4.